The molecule has 132 valence electrons. The van der Waals surface area contributed by atoms with E-state index in [9.17, 15) is 4.79 Å². The molecule has 1 aliphatic rings. The Hall–Kier alpha value is -2.11. The predicted octanol–water partition coefficient (Wildman–Crippen LogP) is 3.19. The van der Waals surface area contributed by atoms with Gasteiger partial charge < -0.3 is 10.2 Å². The van der Waals surface area contributed by atoms with Crippen LogP contribution in [-0.4, -0.2) is 48.0 Å². The predicted molar refractivity (Wildman–Crippen MR) is 102 cm³/mol. The highest BCUT2D eigenvalue weighted by Crippen LogP contribution is 2.21. The molecular weight excluding hydrogens is 336 g/mol. The lowest BCUT2D eigenvalue weighted by Gasteiger charge is -2.41. The highest BCUT2D eigenvalue weighted by molar-refractivity contribution is 6.30. The van der Waals surface area contributed by atoms with Crippen LogP contribution >= 0.6 is 11.6 Å². The number of nitrogens with zero attached hydrogens (tertiary/aromatic N) is 3. The van der Waals surface area contributed by atoms with Gasteiger partial charge in [-0.15, -0.1) is 0 Å². The minimum absolute atomic E-state index is 0.0502. The number of amides is 1. The lowest BCUT2D eigenvalue weighted by Crippen LogP contribution is -2.53. The van der Waals surface area contributed by atoms with Crippen molar-refractivity contribution in [3.8, 4) is 0 Å². The van der Waals surface area contributed by atoms with Crippen LogP contribution in [0.2, 0.25) is 5.02 Å². The summed E-state index contributed by atoms with van der Waals surface area (Å²) in [5.74, 6) is 0.478. The van der Waals surface area contributed by atoms with E-state index in [0.717, 1.165) is 19.6 Å². The molecule has 0 radical (unpaired) electrons. The minimum Gasteiger partial charge on any atom is -0.366 e. The monoisotopic (exact) mass is 358 g/mol. The van der Waals surface area contributed by atoms with Gasteiger partial charge in [0.25, 0.3) is 0 Å². The van der Waals surface area contributed by atoms with Crippen molar-refractivity contribution in [1.82, 2.24) is 9.88 Å². The molecule has 1 aromatic carbocycles. The molecule has 1 saturated heterocycles. The Labute approximate surface area is 153 Å². The van der Waals surface area contributed by atoms with Gasteiger partial charge in [0, 0.05) is 37.6 Å². The van der Waals surface area contributed by atoms with Gasteiger partial charge in [-0.1, -0.05) is 29.3 Å². The third kappa shape index (κ3) is 4.71. The topological polar surface area (TPSA) is 48.5 Å². The smallest absolute Gasteiger partial charge is 0.239 e. The second-order valence-electron chi connectivity index (χ2n) is 6.52. The fourth-order valence-corrected chi connectivity index (χ4v) is 3.24. The van der Waals surface area contributed by atoms with Gasteiger partial charge in [-0.2, -0.15) is 0 Å². The normalized spacial score (nSPS) is 18.2. The van der Waals surface area contributed by atoms with Gasteiger partial charge in [-0.3, -0.25) is 9.69 Å². The Bertz CT molecular complexity index is 717. The second-order valence-corrected chi connectivity index (χ2v) is 6.96. The lowest BCUT2D eigenvalue weighted by atomic mass is 10.1. The first-order valence-electron chi connectivity index (χ1n) is 8.48. The van der Waals surface area contributed by atoms with E-state index in [1.807, 2.05) is 0 Å². The van der Waals surface area contributed by atoms with Crippen molar-refractivity contribution < 1.29 is 4.79 Å². The average molecular weight is 359 g/mol. The molecule has 6 heteroatoms. The highest BCUT2D eigenvalue weighted by Gasteiger charge is 2.25. The number of aromatic nitrogens is 1. The number of carbonyl (C=O) groups excluding carboxylic acids is 1. The fraction of sp³-hybridized carbons (Fsp3) is 0.368. The molecule has 25 heavy (non-hydrogen) atoms. The van der Waals surface area contributed by atoms with Crippen LogP contribution in [0.25, 0.3) is 0 Å². The van der Waals surface area contributed by atoms with E-state index in [1.165, 1.54) is 17.4 Å². The maximum absolute atomic E-state index is 12.2. The van der Waals surface area contributed by atoms with E-state index in [2.05, 4.69) is 58.2 Å². The summed E-state index contributed by atoms with van der Waals surface area (Å²) in [6.45, 7) is 7.30. The molecule has 1 aromatic heterocycles. The van der Waals surface area contributed by atoms with Gasteiger partial charge in [0.15, 0.2) is 0 Å². The largest absolute Gasteiger partial charge is 0.366 e. The minimum atomic E-state index is -0.0502. The van der Waals surface area contributed by atoms with Gasteiger partial charge in [-0.05, 0) is 38.1 Å². The van der Waals surface area contributed by atoms with Crippen molar-refractivity contribution in [3.05, 3.63) is 53.2 Å². The maximum atomic E-state index is 12.2. The maximum Gasteiger partial charge on any atom is 0.239 e. The zero-order valence-electron chi connectivity index (χ0n) is 14.6. The number of halogens is 1. The van der Waals surface area contributed by atoms with Crippen LogP contribution in [0, 0.1) is 6.92 Å². The molecule has 1 N–H and O–H groups in total. The van der Waals surface area contributed by atoms with Crippen LogP contribution < -0.4 is 10.2 Å². The molecule has 1 unspecified atom stereocenters. The van der Waals surface area contributed by atoms with Crippen molar-refractivity contribution >= 4 is 29.0 Å². The summed E-state index contributed by atoms with van der Waals surface area (Å²) in [5, 5.41) is 3.37. The van der Waals surface area contributed by atoms with Crippen LogP contribution in [0.5, 0.6) is 0 Å². The molecule has 3 rings (SSSR count). The lowest BCUT2D eigenvalue weighted by molar-refractivity contribution is -0.117. The van der Waals surface area contributed by atoms with E-state index >= 15 is 0 Å². The van der Waals surface area contributed by atoms with Crippen LogP contribution in [0.3, 0.4) is 0 Å². The average Bonchev–Trinajstić information content (AvgIpc) is 2.58. The number of piperazine rings is 1. The summed E-state index contributed by atoms with van der Waals surface area (Å²) in [6, 6.07) is 12.4. The van der Waals surface area contributed by atoms with Crippen LogP contribution in [0.15, 0.2) is 42.6 Å². The molecule has 1 aliphatic heterocycles. The number of rotatable bonds is 4. The molecule has 0 saturated carbocycles. The molecule has 1 atom stereocenters. The third-order valence-electron chi connectivity index (χ3n) is 4.44. The van der Waals surface area contributed by atoms with Gasteiger partial charge >= 0.3 is 0 Å². The molecule has 0 bridgehead atoms. The van der Waals surface area contributed by atoms with E-state index in [-0.39, 0.29) is 5.91 Å². The van der Waals surface area contributed by atoms with Gasteiger partial charge in [0.1, 0.15) is 5.82 Å². The zero-order valence-corrected chi connectivity index (χ0v) is 15.3. The molecule has 0 spiro atoms. The van der Waals surface area contributed by atoms with Gasteiger partial charge in [0.05, 0.1) is 11.6 Å². The Morgan fingerprint density at radius 2 is 2.00 bits per heavy atom. The highest BCUT2D eigenvalue weighted by atomic mass is 35.5. The van der Waals surface area contributed by atoms with Crippen molar-refractivity contribution in [1.29, 1.82) is 0 Å². The van der Waals surface area contributed by atoms with Gasteiger partial charge in [-0.25, -0.2) is 4.98 Å². The van der Waals surface area contributed by atoms with E-state index < -0.39 is 0 Å². The molecule has 2 aromatic rings. The van der Waals surface area contributed by atoms with E-state index in [4.69, 9.17) is 11.6 Å². The van der Waals surface area contributed by atoms with E-state index in [0.29, 0.717) is 23.4 Å². The molecule has 5 nitrogen and oxygen atoms in total. The van der Waals surface area contributed by atoms with Crippen molar-refractivity contribution in [2.75, 3.05) is 36.4 Å². The summed E-state index contributed by atoms with van der Waals surface area (Å²) >= 11 is 5.80. The van der Waals surface area contributed by atoms with Crippen molar-refractivity contribution in [2.45, 2.75) is 19.9 Å². The number of carbonyl (C=O) groups is 1. The number of nitrogens with one attached hydrogen (secondary N) is 1. The fourth-order valence-electron chi connectivity index (χ4n) is 3.13. The first kappa shape index (κ1) is 17.7. The van der Waals surface area contributed by atoms with Crippen LogP contribution in [0.1, 0.15) is 12.5 Å². The van der Waals surface area contributed by atoms with Gasteiger partial charge in [0.2, 0.25) is 5.91 Å². The SMILES string of the molecule is Cc1ccc(N2CCN(CC(=O)Nc3ccc(Cl)cn3)CC2C)cc1. The summed E-state index contributed by atoms with van der Waals surface area (Å²) < 4.78 is 0. The number of hydrogen-bond donors (Lipinski definition) is 1. The quantitative estimate of drug-likeness (QED) is 0.911. The Kier molecular flexibility index (Phi) is 5.56. The molecule has 0 aliphatic carbocycles. The van der Waals surface area contributed by atoms with E-state index in [1.54, 1.807) is 12.1 Å². The molecule has 1 fully saturated rings. The number of hydrogen-bond acceptors (Lipinski definition) is 4. The van der Waals surface area contributed by atoms with Crippen molar-refractivity contribution in [3.63, 3.8) is 0 Å². The Morgan fingerprint density at radius 1 is 1.24 bits per heavy atom. The number of anilines is 2. The third-order valence-corrected chi connectivity index (χ3v) is 4.66. The number of pyridine rings is 1. The number of aryl methyl sites for hydroxylation is 1. The molecule has 2 heterocycles. The molecule has 1 amide bonds. The Balaban J connectivity index is 1.53. The first-order valence-corrected chi connectivity index (χ1v) is 8.86. The van der Waals surface area contributed by atoms with Crippen LogP contribution in [0.4, 0.5) is 11.5 Å². The summed E-state index contributed by atoms with van der Waals surface area (Å²) in [6.07, 6.45) is 1.53. The molecular formula is C19H23ClN4O. The second kappa shape index (κ2) is 7.85. The summed E-state index contributed by atoms with van der Waals surface area (Å²) in [5.41, 5.74) is 2.51. The summed E-state index contributed by atoms with van der Waals surface area (Å²) in [4.78, 5) is 20.9. The standard InChI is InChI=1S/C19H23ClN4O/c1-14-3-6-17(7-4-14)24-10-9-23(12-15(24)2)13-19(25)22-18-8-5-16(20)11-21-18/h3-8,11,15H,9-10,12-13H2,1-2H3,(H,21,22,25). The Morgan fingerprint density at radius 3 is 2.64 bits per heavy atom. The van der Waals surface area contributed by atoms with Crippen molar-refractivity contribution in [2.24, 2.45) is 0 Å². The number of benzene rings is 1. The zero-order chi connectivity index (χ0) is 17.8. The van der Waals surface area contributed by atoms with Crippen LogP contribution in [-0.2, 0) is 4.79 Å². The summed E-state index contributed by atoms with van der Waals surface area (Å²) in [7, 11) is 0. The first-order chi connectivity index (χ1) is 12.0.